The van der Waals surface area contributed by atoms with E-state index in [4.69, 9.17) is 4.74 Å². The summed E-state index contributed by atoms with van der Waals surface area (Å²) in [6.07, 6.45) is 2.32. The van der Waals surface area contributed by atoms with E-state index in [1.54, 1.807) is 19.9 Å². The van der Waals surface area contributed by atoms with Gasteiger partial charge in [-0.25, -0.2) is 0 Å². The van der Waals surface area contributed by atoms with Gasteiger partial charge in [0.05, 0.1) is 30.7 Å². The molecule has 2 rings (SSSR count). The molecule has 0 fully saturated rings. The topological polar surface area (TPSA) is 108 Å². The summed E-state index contributed by atoms with van der Waals surface area (Å²) in [5.74, 6) is -0.517. The molecule has 2 aromatic carbocycles. The van der Waals surface area contributed by atoms with Gasteiger partial charge in [0.2, 0.25) is 11.8 Å². The number of ether oxygens (including phenoxy) is 1. The molecule has 0 radical (unpaired) electrons. The van der Waals surface area contributed by atoms with Gasteiger partial charge in [0.15, 0.2) is 0 Å². The number of aliphatic hydroxyl groups is 2. The number of allylic oxidation sites excluding steroid dienone is 1. The first kappa shape index (κ1) is 27.1. The first-order valence-electron chi connectivity index (χ1n) is 11.5. The molecular weight excluding hydrogens is 432 g/mol. The third-order valence-electron chi connectivity index (χ3n) is 5.35. The van der Waals surface area contributed by atoms with Crippen LogP contribution in [0.2, 0.25) is 0 Å². The standard InChI is InChI=1S/C27H36N2O5/c1-4-8-22(26(33)29-27(2,3)19-31)16-25(32)28-23(17-30)15-20-11-13-24(14-12-20)34-18-21-9-6-5-7-10-21/h4-7,9-14,22-23,30-31H,1,8,15-19H2,2-3H3,(H,28,32)(H,29,33)/t22-,23-/m0/s1. The van der Waals surface area contributed by atoms with Gasteiger partial charge in [-0.2, -0.15) is 0 Å². The summed E-state index contributed by atoms with van der Waals surface area (Å²) in [6.45, 7) is 7.11. The Bertz CT molecular complexity index is 912. The maximum Gasteiger partial charge on any atom is 0.224 e. The second-order valence-corrected chi connectivity index (χ2v) is 9.03. The Labute approximate surface area is 201 Å². The molecule has 0 bridgehead atoms. The van der Waals surface area contributed by atoms with Gasteiger partial charge < -0.3 is 25.6 Å². The highest BCUT2D eigenvalue weighted by atomic mass is 16.5. The smallest absolute Gasteiger partial charge is 0.224 e. The number of nitrogens with one attached hydrogen (secondary N) is 2. The molecule has 34 heavy (non-hydrogen) atoms. The molecule has 0 aliphatic heterocycles. The summed E-state index contributed by atoms with van der Waals surface area (Å²) in [6, 6.07) is 16.9. The third kappa shape index (κ3) is 9.37. The van der Waals surface area contributed by atoms with Crippen molar-refractivity contribution in [2.24, 2.45) is 5.92 Å². The Morgan fingerprint density at radius 1 is 1.06 bits per heavy atom. The zero-order valence-corrected chi connectivity index (χ0v) is 20.0. The van der Waals surface area contributed by atoms with Crippen molar-refractivity contribution in [1.29, 1.82) is 0 Å². The molecule has 0 saturated heterocycles. The van der Waals surface area contributed by atoms with Crippen molar-refractivity contribution in [1.82, 2.24) is 10.6 Å². The lowest BCUT2D eigenvalue weighted by Crippen LogP contribution is -2.49. The first-order valence-corrected chi connectivity index (χ1v) is 11.5. The van der Waals surface area contributed by atoms with E-state index in [1.807, 2.05) is 54.6 Å². The minimum Gasteiger partial charge on any atom is -0.489 e. The van der Waals surface area contributed by atoms with Crippen molar-refractivity contribution in [3.63, 3.8) is 0 Å². The van der Waals surface area contributed by atoms with Crippen molar-refractivity contribution >= 4 is 11.8 Å². The van der Waals surface area contributed by atoms with Crippen LogP contribution < -0.4 is 15.4 Å². The lowest BCUT2D eigenvalue weighted by molar-refractivity contribution is -0.132. The van der Waals surface area contributed by atoms with Crippen molar-refractivity contribution in [3.05, 3.63) is 78.4 Å². The van der Waals surface area contributed by atoms with Gasteiger partial charge in [-0.15, -0.1) is 6.58 Å². The SMILES string of the molecule is C=CC[C@@H](CC(=O)N[C@H](CO)Cc1ccc(OCc2ccccc2)cc1)C(=O)NC(C)(C)CO. The van der Waals surface area contributed by atoms with E-state index < -0.39 is 17.5 Å². The Hall–Kier alpha value is -3.16. The Balaban J connectivity index is 1.88. The third-order valence-corrected chi connectivity index (χ3v) is 5.35. The highest BCUT2D eigenvalue weighted by Crippen LogP contribution is 2.16. The highest BCUT2D eigenvalue weighted by molar-refractivity contribution is 5.86. The molecule has 0 aliphatic rings. The summed E-state index contributed by atoms with van der Waals surface area (Å²) in [5, 5.41) is 24.7. The van der Waals surface area contributed by atoms with Crippen LogP contribution in [0.25, 0.3) is 0 Å². The largest absolute Gasteiger partial charge is 0.489 e. The molecule has 0 unspecified atom stereocenters. The van der Waals surface area contributed by atoms with Crippen molar-refractivity contribution in [2.75, 3.05) is 13.2 Å². The fraction of sp³-hybridized carbons (Fsp3) is 0.407. The fourth-order valence-electron chi connectivity index (χ4n) is 3.38. The molecule has 0 heterocycles. The van der Waals surface area contributed by atoms with Crippen LogP contribution in [0.3, 0.4) is 0 Å². The van der Waals surface area contributed by atoms with E-state index in [9.17, 15) is 19.8 Å². The van der Waals surface area contributed by atoms with Crippen LogP contribution in [0, 0.1) is 5.92 Å². The molecule has 0 saturated carbocycles. The average Bonchev–Trinajstić information content (AvgIpc) is 2.83. The van der Waals surface area contributed by atoms with Crippen molar-refractivity contribution in [3.8, 4) is 5.75 Å². The van der Waals surface area contributed by atoms with Crippen molar-refractivity contribution < 1.29 is 24.5 Å². The number of hydrogen-bond acceptors (Lipinski definition) is 5. The van der Waals surface area contributed by atoms with Gasteiger partial charge in [-0.3, -0.25) is 9.59 Å². The van der Waals surface area contributed by atoms with Crippen LogP contribution in [0.4, 0.5) is 0 Å². The fourth-order valence-corrected chi connectivity index (χ4v) is 3.38. The zero-order valence-electron chi connectivity index (χ0n) is 20.0. The molecule has 0 aromatic heterocycles. The molecule has 7 nitrogen and oxygen atoms in total. The Morgan fingerprint density at radius 3 is 2.32 bits per heavy atom. The predicted octanol–water partition coefficient (Wildman–Crippen LogP) is 2.75. The Kier molecular flexibility index (Phi) is 10.8. The molecule has 184 valence electrons. The number of hydrogen-bond donors (Lipinski definition) is 4. The second kappa shape index (κ2) is 13.5. The van der Waals surface area contributed by atoms with E-state index in [2.05, 4.69) is 17.2 Å². The number of amides is 2. The maximum atomic E-state index is 12.6. The average molecular weight is 469 g/mol. The van der Waals surface area contributed by atoms with Crippen LogP contribution in [-0.4, -0.2) is 46.8 Å². The van der Waals surface area contributed by atoms with E-state index >= 15 is 0 Å². The van der Waals surface area contributed by atoms with Gasteiger partial charge >= 0.3 is 0 Å². The van der Waals surface area contributed by atoms with E-state index in [0.717, 1.165) is 16.9 Å². The van der Waals surface area contributed by atoms with Gasteiger partial charge in [0.1, 0.15) is 12.4 Å². The maximum absolute atomic E-state index is 12.6. The number of rotatable bonds is 14. The van der Waals surface area contributed by atoms with Crippen LogP contribution in [0.5, 0.6) is 5.75 Å². The Morgan fingerprint density at radius 2 is 1.74 bits per heavy atom. The highest BCUT2D eigenvalue weighted by Gasteiger charge is 2.27. The molecule has 2 amide bonds. The summed E-state index contributed by atoms with van der Waals surface area (Å²) >= 11 is 0. The van der Waals surface area contributed by atoms with Crippen LogP contribution in [0.1, 0.15) is 37.8 Å². The quantitative estimate of drug-likeness (QED) is 0.319. The summed E-state index contributed by atoms with van der Waals surface area (Å²) in [7, 11) is 0. The number of aliphatic hydroxyl groups excluding tert-OH is 2. The minimum atomic E-state index is -0.780. The summed E-state index contributed by atoms with van der Waals surface area (Å²) < 4.78 is 5.79. The molecule has 0 spiro atoms. The predicted molar refractivity (Wildman–Crippen MR) is 132 cm³/mol. The van der Waals surface area contributed by atoms with Gasteiger partial charge in [-0.1, -0.05) is 48.5 Å². The number of carbonyl (C=O) groups excluding carboxylic acids is 2. The molecule has 2 atom stereocenters. The minimum absolute atomic E-state index is 0.0396. The van der Waals surface area contributed by atoms with Gasteiger partial charge in [0.25, 0.3) is 0 Å². The first-order chi connectivity index (χ1) is 16.3. The lowest BCUT2D eigenvalue weighted by Gasteiger charge is -2.26. The molecule has 0 aliphatic carbocycles. The second-order valence-electron chi connectivity index (χ2n) is 9.03. The molecule has 7 heteroatoms. The molecular formula is C27H36N2O5. The van der Waals surface area contributed by atoms with Gasteiger partial charge in [-0.05, 0) is 49.9 Å². The van der Waals surface area contributed by atoms with E-state index in [0.29, 0.717) is 19.4 Å². The molecule has 2 aromatic rings. The number of carbonyl (C=O) groups is 2. The summed E-state index contributed by atoms with van der Waals surface area (Å²) in [4.78, 5) is 25.1. The van der Waals surface area contributed by atoms with Crippen LogP contribution in [-0.2, 0) is 22.6 Å². The van der Waals surface area contributed by atoms with E-state index in [1.165, 1.54) is 0 Å². The van der Waals surface area contributed by atoms with Crippen LogP contribution >= 0.6 is 0 Å². The number of benzene rings is 2. The van der Waals surface area contributed by atoms with Crippen molar-refractivity contribution in [2.45, 2.75) is 51.3 Å². The molecule has 4 N–H and O–H groups in total. The monoisotopic (exact) mass is 468 g/mol. The van der Waals surface area contributed by atoms with Crippen LogP contribution in [0.15, 0.2) is 67.3 Å². The van der Waals surface area contributed by atoms with Gasteiger partial charge in [0, 0.05) is 6.42 Å². The normalized spacial score (nSPS) is 12.9. The lowest BCUT2D eigenvalue weighted by atomic mass is 9.97. The summed E-state index contributed by atoms with van der Waals surface area (Å²) in [5.41, 5.74) is 1.24. The zero-order chi connectivity index (χ0) is 25.0. The van der Waals surface area contributed by atoms with E-state index in [-0.39, 0.29) is 31.4 Å².